The van der Waals surface area contributed by atoms with Crippen molar-refractivity contribution in [2.45, 2.75) is 25.4 Å². The number of benzene rings is 2. The summed E-state index contributed by atoms with van der Waals surface area (Å²) < 4.78 is 1.14. The van der Waals surface area contributed by atoms with Crippen molar-refractivity contribution in [3.05, 3.63) is 64.6 Å². The molecule has 1 aliphatic rings. The average molecular weight is 345 g/mol. The topological polar surface area (TPSA) is 15.3 Å². The Hall–Kier alpha value is -1.32. The van der Waals surface area contributed by atoms with Gasteiger partial charge in [-0.15, -0.1) is 0 Å². The van der Waals surface area contributed by atoms with Crippen molar-refractivity contribution in [2.24, 2.45) is 0 Å². The predicted octanol–water partition coefficient (Wildman–Crippen LogP) is 4.53. The Morgan fingerprint density at radius 3 is 2.62 bits per heavy atom. The van der Waals surface area contributed by atoms with E-state index in [1.165, 1.54) is 30.6 Å². The van der Waals surface area contributed by atoms with Crippen LogP contribution in [0.3, 0.4) is 0 Å². The minimum Gasteiger partial charge on any atom is -0.380 e. The number of hydrogen-bond donors (Lipinski definition) is 1. The molecule has 3 heteroatoms. The molecule has 0 saturated carbocycles. The Balaban J connectivity index is 1.60. The second-order valence-corrected chi connectivity index (χ2v) is 6.54. The monoisotopic (exact) mass is 344 g/mol. The van der Waals surface area contributed by atoms with Crippen molar-refractivity contribution < 1.29 is 0 Å². The van der Waals surface area contributed by atoms with Gasteiger partial charge < -0.3 is 5.32 Å². The van der Waals surface area contributed by atoms with Gasteiger partial charge in [0.1, 0.15) is 0 Å². The van der Waals surface area contributed by atoms with Crippen LogP contribution in [-0.2, 0) is 6.54 Å². The van der Waals surface area contributed by atoms with Gasteiger partial charge in [0.05, 0.1) is 0 Å². The summed E-state index contributed by atoms with van der Waals surface area (Å²) in [5, 5.41) is 3.68. The molecule has 0 spiro atoms. The van der Waals surface area contributed by atoms with Crippen LogP contribution >= 0.6 is 15.9 Å². The van der Waals surface area contributed by atoms with Crippen molar-refractivity contribution in [2.75, 3.05) is 18.4 Å². The molecule has 21 heavy (non-hydrogen) atoms. The highest BCUT2D eigenvalue weighted by Gasteiger charge is 2.20. The van der Waals surface area contributed by atoms with Crippen molar-refractivity contribution in [1.82, 2.24) is 4.90 Å². The summed E-state index contributed by atoms with van der Waals surface area (Å²) in [6, 6.07) is 19.6. The first-order chi connectivity index (χ1) is 10.3. The number of likely N-dealkylation sites (tertiary alicyclic amines) is 1. The molecule has 0 amide bonds. The Labute approximate surface area is 135 Å². The number of anilines is 1. The predicted molar refractivity (Wildman–Crippen MR) is 92.5 cm³/mol. The maximum absolute atomic E-state index is 3.68. The van der Waals surface area contributed by atoms with Crippen molar-refractivity contribution in [1.29, 1.82) is 0 Å². The van der Waals surface area contributed by atoms with Crippen molar-refractivity contribution in [3.63, 3.8) is 0 Å². The van der Waals surface area contributed by atoms with Crippen molar-refractivity contribution >= 4 is 21.6 Å². The summed E-state index contributed by atoms with van der Waals surface area (Å²) in [6.07, 6.45) is 2.50. The first kappa shape index (κ1) is 14.6. The summed E-state index contributed by atoms with van der Waals surface area (Å²) in [5.74, 6) is 0. The van der Waals surface area contributed by atoms with Crippen LogP contribution in [-0.4, -0.2) is 24.0 Å². The van der Waals surface area contributed by atoms with E-state index in [1.807, 2.05) is 0 Å². The molecule has 1 saturated heterocycles. The Morgan fingerprint density at radius 2 is 1.81 bits per heavy atom. The van der Waals surface area contributed by atoms with Crippen LogP contribution in [0.5, 0.6) is 0 Å². The van der Waals surface area contributed by atoms with Gasteiger partial charge in [-0.1, -0.05) is 42.5 Å². The molecule has 3 rings (SSSR count). The number of piperidine rings is 1. The van der Waals surface area contributed by atoms with Crippen LogP contribution in [0.15, 0.2) is 59.1 Å². The summed E-state index contributed by atoms with van der Waals surface area (Å²) in [7, 11) is 0. The van der Waals surface area contributed by atoms with E-state index in [-0.39, 0.29) is 0 Å². The van der Waals surface area contributed by atoms with Gasteiger partial charge in [0, 0.05) is 29.3 Å². The molecule has 0 aliphatic carbocycles. The summed E-state index contributed by atoms with van der Waals surface area (Å²) >= 11 is 3.62. The van der Waals surface area contributed by atoms with Crippen LogP contribution in [0, 0.1) is 0 Å². The molecular weight excluding hydrogens is 324 g/mol. The van der Waals surface area contributed by atoms with Crippen LogP contribution in [0.1, 0.15) is 18.4 Å². The zero-order valence-corrected chi connectivity index (χ0v) is 13.7. The fourth-order valence-corrected chi connectivity index (χ4v) is 3.36. The highest BCUT2D eigenvalue weighted by molar-refractivity contribution is 9.10. The molecule has 0 aromatic heterocycles. The number of nitrogens with zero attached hydrogens (tertiary/aromatic N) is 1. The number of rotatable bonds is 4. The molecular formula is C18H21BrN2. The van der Waals surface area contributed by atoms with Gasteiger partial charge in [0.25, 0.3) is 0 Å². The van der Waals surface area contributed by atoms with E-state index < -0.39 is 0 Å². The van der Waals surface area contributed by atoms with Gasteiger partial charge in [0.2, 0.25) is 0 Å². The maximum Gasteiger partial charge on any atom is 0.0487 e. The van der Waals surface area contributed by atoms with Gasteiger partial charge in [-0.25, -0.2) is 0 Å². The highest BCUT2D eigenvalue weighted by Crippen LogP contribution is 2.24. The first-order valence-corrected chi connectivity index (χ1v) is 8.38. The van der Waals surface area contributed by atoms with Crippen LogP contribution in [0.2, 0.25) is 0 Å². The molecule has 1 atom stereocenters. The lowest BCUT2D eigenvalue weighted by atomic mass is 10.0. The quantitative estimate of drug-likeness (QED) is 0.876. The van der Waals surface area contributed by atoms with Crippen LogP contribution in [0.4, 0.5) is 5.69 Å². The lowest BCUT2D eigenvalue weighted by Crippen LogP contribution is -2.41. The second-order valence-electron chi connectivity index (χ2n) is 5.68. The molecule has 1 aliphatic heterocycles. The SMILES string of the molecule is Brc1ccccc1NC1CCCN(Cc2ccccc2)C1. The fraction of sp³-hybridized carbons (Fsp3) is 0.333. The number of para-hydroxylation sites is 1. The third-order valence-electron chi connectivity index (χ3n) is 3.99. The summed E-state index contributed by atoms with van der Waals surface area (Å²) in [6.45, 7) is 3.36. The smallest absolute Gasteiger partial charge is 0.0487 e. The van der Waals surface area contributed by atoms with E-state index in [0.717, 1.165) is 17.6 Å². The average Bonchev–Trinajstić information content (AvgIpc) is 2.51. The molecule has 1 unspecified atom stereocenters. The molecule has 1 fully saturated rings. The normalized spacial score (nSPS) is 19.4. The number of halogens is 1. The van der Waals surface area contributed by atoms with Crippen LogP contribution < -0.4 is 5.32 Å². The highest BCUT2D eigenvalue weighted by atomic mass is 79.9. The zero-order valence-electron chi connectivity index (χ0n) is 12.1. The minimum absolute atomic E-state index is 0.529. The Bertz CT molecular complexity index is 570. The molecule has 0 bridgehead atoms. The van der Waals surface area contributed by atoms with Gasteiger partial charge >= 0.3 is 0 Å². The molecule has 0 radical (unpaired) electrons. The standard InChI is InChI=1S/C18H21BrN2/c19-17-10-4-5-11-18(17)20-16-9-6-12-21(14-16)13-15-7-2-1-3-8-15/h1-5,7-8,10-11,16,20H,6,9,12-14H2. The molecule has 110 valence electrons. The van der Waals surface area contributed by atoms with E-state index >= 15 is 0 Å². The third-order valence-corrected chi connectivity index (χ3v) is 4.68. The molecule has 2 aromatic rings. The van der Waals surface area contributed by atoms with E-state index in [9.17, 15) is 0 Å². The molecule has 1 heterocycles. The number of nitrogens with one attached hydrogen (secondary N) is 1. The van der Waals surface area contributed by atoms with Gasteiger partial charge in [0.15, 0.2) is 0 Å². The van der Waals surface area contributed by atoms with Gasteiger partial charge in [-0.2, -0.15) is 0 Å². The van der Waals surface area contributed by atoms with E-state index in [2.05, 4.69) is 80.7 Å². The van der Waals surface area contributed by atoms with Gasteiger partial charge in [-0.05, 0) is 53.0 Å². The van der Waals surface area contributed by atoms with E-state index in [0.29, 0.717) is 6.04 Å². The summed E-state index contributed by atoms with van der Waals surface area (Å²) in [4.78, 5) is 2.55. The largest absolute Gasteiger partial charge is 0.380 e. The van der Waals surface area contributed by atoms with E-state index in [4.69, 9.17) is 0 Å². The Morgan fingerprint density at radius 1 is 1.05 bits per heavy atom. The van der Waals surface area contributed by atoms with Crippen molar-refractivity contribution in [3.8, 4) is 0 Å². The molecule has 2 nitrogen and oxygen atoms in total. The molecule has 2 aromatic carbocycles. The fourth-order valence-electron chi connectivity index (χ4n) is 2.96. The second kappa shape index (κ2) is 7.10. The minimum atomic E-state index is 0.529. The Kier molecular flexibility index (Phi) is 4.94. The lowest BCUT2D eigenvalue weighted by Gasteiger charge is -2.34. The maximum atomic E-state index is 3.68. The molecule has 1 N–H and O–H groups in total. The third kappa shape index (κ3) is 4.08. The number of hydrogen-bond acceptors (Lipinski definition) is 2. The summed E-state index contributed by atoms with van der Waals surface area (Å²) in [5.41, 5.74) is 2.60. The van der Waals surface area contributed by atoms with Gasteiger partial charge in [-0.3, -0.25) is 4.90 Å². The lowest BCUT2D eigenvalue weighted by molar-refractivity contribution is 0.208. The van der Waals surface area contributed by atoms with Crippen LogP contribution in [0.25, 0.3) is 0 Å². The first-order valence-electron chi connectivity index (χ1n) is 7.58. The zero-order chi connectivity index (χ0) is 14.5. The van der Waals surface area contributed by atoms with E-state index in [1.54, 1.807) is 0 Å².